The summed E-state index contributed by atoms with van der Waals surface area (Å²) >= 11 is 1.93. The lowest BCUT2D eigenvalue weighted by atomic mass is 10.1. The summed E-state index contributed by atoms with van der Waals surface area (Å²) in [5.74, 6) is 0.534. The maximum atomic E-state index is 4.90. The van der Waals surface area contributed by atoms with Gasteiger partial charge in [-0.1, -0.05) is 34.6 Å². The standard InChI is InChI=1S/C14H24N2S/c1-9(2)12-11(8-15-10(3)4)17-13(16-12)14(5)6-7-14/h9-10,15H,6-8H2,1-5H3. The van der Waals surface area contributed by atoms with Crippen molar-refractivity contribution in [3.8, 4) is 0 Å². The molecule has 1 fully saturated rings. The van der Waals surface area contributed by atoms with Crippen LogP contribution in [0.2, 0.25) is 0 Å². The van der Waals surface area contributed by atoms with E-state index >= 15 is 0 Å². The Morgan fingerprint density at radius 1 is 1.29 bits per heavy atom. The maximum Gasteiger partial charge on any atom is 0.0990 e. The number of rotatable bonds is 5. The fourth-order valence-corrected chi connectivity index (χ4v) is 3.27. The van der Waals surface area contributed by atoms with Crippen LogP contribution in [0.5, 0.6) is 0 Å². The molecule has 1 aliphatic rings. The van der Waals surface area contributed by atoms with Crippen molar-refractivity contribution in [1.29, 1.82) is 0 Å². The number of hydrogen-bond acceptors (Lipinski definition) is 3. The van der Waals surface area contributed by atoms with Crippen LogP contribution < -0.4 is 5.32 Å². The average molecular weight is 252 g/mol. The average Bonchev–Trinajstić information content (AvgIpc) is 2.83. The van der Waals surface area contributed by atoms with Crippen LogP contribution in [0.25, 0.3) is 0 Å². The third kappa shape index (κ3) is 2.89. The second kappa shape index (κ2) is 4.69. The molecule has 1 heterocycles. The molecule has 96 valence electrons. The van der Waals surface area contributed by atoms with Gasteiger partial charge in [0.25, 0.3) is 0 Å². The summed E-state index contributed by atoms with van der Waals surface area (Å²) in [5.41, 5.74) is 1.72. The molecule has 0 radical (unpaired) electrons. The normalized spacial score (nSPS) is 18.1. The third-order valence-corrected chi connectivity index (χ3v) is 4.84. The topological polar surface area (TPSA) is 24.9 Å². The fraction of sp³-hybridized carbons (Fsp3) is 0.786. The smallest absolute Gasteiger partial charge is 0.0990 e. The molecular weight excluding hydrogens is 228 g/mol. The zero-order valence-corrected chi connectivity index (χ0v) is 12.4. The molecule has 0 saturated heterocycles. The van der Waals surface area contributed by atoms with E-state index in [0.29, 0.717) is 17.4 Å². The van der Waals surface area contributed by atoms with E-state index in [4.69, 9.17) is 4.98 Å². The molecule has 2 nitrogen and oxygen atoms in total. The van der Waals surface area contributed by atoms with Crippen molar-refractivity contribution < 1.29 is 0 Å². The van der Waals surface area contributed by atoms with Gasteiger partial charge in [0.05, 0.1) is 10.7 Å². The molecule has 1 saturated carbocycles. The van der Waals surface area contributed by atoms with Gasteiger partial charge in [0.15, 0.2) is 0 Å². The number of thiazole rings is 1. The van der Waals surface area contributed by atoms with Crippen molar-refractivity contribution in [1.82, 2.24) is 10.3 Å². The largest absolute Gasteiger partial charge is 0.310 e. The molecule has 0 atom stereocenters. The highest BCUT2D eigenvalue weighted by molar-refractivity contribution is 7.12. The first kappa shape index (κ1) is 13.0. The predicted octanol–water partition coefficient (Wildman–Crippen LogP) is 3.82. The van der Waals surface area contributed by atoms with Crippen LogP contribution in [0.1, 0.15) is 69.0 Å². The van der Waals surface area contributed by atoms with Crippen molar-refractivity contribution in [2.24, 2.45) is 0 Å². The molecule has 3 heteroatoms. The molecule has 0 aliphatic heterocycles. The summed E-state index contributed by atoms with van der Waals surface area (Å²) < 4.78 is 0. The molecule has 1 aromatic rings. The summed E-state index contributed by atoms with van der Waals surface area (Å²) in [6.07, 6.45) is 2.63. The van der Waals surface area contributed by atoms with Crippen molar-refractivity contribution >= 4 is 11.3 Å². The maximum absolute atomic E-state index is 4.90. The zero-order chi connectivity index (χ0) is 12.6. The van der Waals surface area contributed by atoms with Crippen LogP contribution >= 0.6 is 11.3 Å². The first-order chi connectivity index (χ1) is 7.92. The second-order valence-corrected chi connectivity index (χ2v) is 7.16. The Kier molecular flexibility index (Phi) is 3.60. The van der Waals surface area contributed by atoms with Crippen LogP contribution in [0.15, 0.2) is 0 Å². The van der Waals surface area contributed by atoms with E-state index in [1.165, 1.54) is 28.4 Å². The molecule has 1 N–H and O–H groups in total. The second-order valence-electron chi connectivity index (χ2n) is 6.08. The summed E-state index contributed by atoms with van der Waals surface area (Å²) in [6.45, 7) is 12.2. The Hall–Kier alpha value is -0.410. The SMILES string of the molecule is CC(C)NCc1sc(C2(C)CC2)nc1C(C)C. The lowest BCUT2D eigenvalue weighted by Gasteiger charge is -2.09. The molecule has 0 aromatic carbocycles. The highest BCUT2D eigenvalue weighted by Crippen LogP contribution is 2.49. The van der Waals surface area contributed by atoms with E-state index < -0.39 is 0 Å². The quantitative estimate of drug-likeness (QED) is 0.862. The van der Waals surface area contributed by atoms with Gasteiger partial charge in [-0.15, -0.1) is 11.3 Å². The van der Waals surface area contributed by atoms with Gasteiger partial charge in [-0.2, -0.15) is 0 Å². The Morgan fingerprint density at radius 2 is 1.94 bits per heavy atom. The highest BCUT2D eigenvalue weighted by atomic mass is 32.1. The van der Waals surface area contributed by atoms with E-state index in [1.807, 2.05) is 11.3 Å². The minimum absolute atomic E-state index is 0.407. The molecule has 17 heavy (non-hydrogen) atoms. The zero-order valence-electron chi connectivity index (χ0n) is 11.6. The Bertz CT molecular complexity index is 389. The van der Waals surface area contributed by atoms with E-state index in [9.17, 15) is 0 Å². The number of nitrogens with zero attached hydrogens (tertiary/aromatic N) is 1. The summed E-state index contributed by atoms with van der Waals surface area (Å²) in [5, 5.41) is 4.88. The molecular formula is C14H24N2S. The minimum Gasteiger partial charge on any atom is -0.310 e. The third-order valence-electron chi connectivity index (χ3n) is 3.46. The monoisotopic (exact) mass is 252 g/mol. The summed E-state index contributed by atoms with van der Waals surface area (Å²) in [6, 6.07) is 0.539. The molecule has 0 amide bonds. The number of hydrogen-bond donors (Lipinski definition) is 1. The van der Waals surface area contributed by atoms with Crippen LogP contribution in [-0.2, 0) is 12.0 Å². The lowest BCUT2D eigenvalue weighted by Crippen LogP contribution is -2.22. The number of nitrogens with one attached hydrogen (secondary N) is 1. The van der Waals surface area contributed by atoms with Crippen molar-refractivity contribution in [3.63, 3.8) is 0 Å². The van der Waals surface area contributed by atoms with E-state index in [2.05, 4.69) is 39.9 Å². The molecule has 2 rings (SSSR count). The van der Waals surface area contributed by atoms with Gasteiger partial charge in [0.1, 0.15) is 0 Å². The van der Waals surface area contributed by atoms with Crippen LogP contribution in [0, 0.1) is 0 Å². The van der Waals surface area contributed by atoms with Crippen LogP contribution in [0.4, 0.5) is 0 Å². The van der Waals surface area contributed by atoms with Crippen molar-refractivity contribution in [2.45, 2.75) is 71.4 Å². The Balaban J connectivity index is 2.20. The summed E-state index contributed by atoms with van der Waals surface area (Å²) in [4.78, 5) is 6.34. The van der Waals surface area contributed by atoms with E-state index in [1.54, 1.807) is 0 Å². The molecule has 0 unspecified atom stereocenters. The van der Waals surface area contributed by atoms with E-state index in [0.717, 1.165) is 6.54 Å². The minimum atomic E-state index is 0.407. The molecule has 1 aromatic heterocycles. The first-order valence-corrected chi connectivity index (χ1v) is 7.47. The van der Waals surface area contributed by atoms with Crippen LogP contribution in [-0.4, -0.2) is 11.0 Å². The van der Waals surface area contributed by atoms with E-state index in [-0.39, 0.29) is 0 Å². The van der Waals surface area contributed by atoms with Gasteiger partial charge in [-0.25, -0.2) is 4.98 Å². The fourth-order valence-electron chi connectivity index (χ4n) is 1.90. The molecule has 0 bridgehead atoms. The number of aromatic nitrogens is 1. The van der Waals surface area contributed by atoms with Crippen LogP contribution in [0.3, 0.4) is 0 Å². The molecule has 0 spiro atoms. The lowest BCUT2D eigenvalue weighted by molar-refractivity contribution is 0.587. The highest BCUT2D eigenvalue weighted by Gasteiger charge is 2.42. The molecule has 1 aliphatic carbocycles. The Labute approximate surface area is 109 Å². The predicted molar refractivity (Wildman–Crippen MR) is 74.8 cm³/mol. The van der Waals surface area contributed by atoms with Gasteiger partial charge in [0.2, 0.25) is 0 Å². The first-order valence-electron chi connectivity index (χ1n) is 6.66. The van der Waals surface area contributed by atoms with Gasteiger partial charge in [-0.3, -0.25) is 0 Å². The van der Waals surface area contributed by atoms with Gasteiger partial charge >= 0.3 is 0 Å². The Morgan fingerprint density at radius 3 is 2.41 bits per heavy atom. The van der Waals surface area contributed by atoms with Gasteiger partial charge in [0, 0.05) is 22.9 Å². The summed E-state index contributed by atoms with van der Waals surface area (Å²) in [7, 11) is 0. The van der Waals surface area contributed by atoms with Crippen molar-refractivity contribution in [2.75, 3.05) is 0 Å². The van der Waals surface area contributed by atoms with Crippen molar-refractivity contribution in [3.05, 3.63) is 15.6 Å². The van der Waals surface area contributed by atoms with Gasteiger partial charge < -0.3 is 5.32 Å². The van der Waals surface area contributed by atoms with Gasteiger partial charge in [-0.05, 0) is 18.8 Å².